The van der Waals surface area contributed by atoms with Crippen molar-refractivity contribution in [1.29, 1.82) is 0 Å². The van der Waals surface area contributed by atoms with Crippen LogP contribution in [0.5, 0.6) is 0 Å². The average molecular weight is 312 g/mol. The summed E-state index contributed by atoms with van der Waals surface area (Å²) in [4.78, 5) is 10.4. The molecule has 1 aromatic carbocycles. The van der Waals surface area contributed by atoms with E-state index in [4.69, 9.17) is 5.11 Å². The van der Waals surface area contributed by atoms with Crippen LogP contribution in [-0.2, 0) is 11.2 Å². The fourth-order valence-corrected chi connectivity index (χ4v) is 3.54. The SMILES string of the molecule is CCC[C@H]1CC[C@H](c2ccc(C/C=C/C=C/C(=O)O)cc2)CC1. The molecule has 0 heterocycles. The van der Waals surface area contributed by atoms with Crippen LogP contribution < -0.4 is 0 Å². The first kappa shape index (κ1) is 17.5. The summed E-state index contributed by atoms with van der Waals surface area (Å²) in [5.41, 5.74) is 2.76. The van der Waals surface area contributed by atoms with E-state index in [-0.39, 0.29) is 0 Å². The summed E-state index contributed by atoms with van der Waals surface area (Å²) in [6.07, 6.45) is 15.5. The van der Waals surface area contributed by atoms with Crippen LogP contribution >= 0.6 is 0 Å². The lowest BCUT2D eigenvalue weighted by molar-refractivity contribution is -0.131. The Labute approximate surface area is 139 Å². The summed E-state index contributed by atoms with van der Waals surface area (Å²) in [6, 6.07) is 8.97. The maximum atomic E-state index is 10.4. The summed E-state index contributed by atoms with van der Waals surface area (Å²) < 4.78 is 0. The maximum Gasteiger partial charge on any atom is 0.328 e. The lowest BCUT2D eigenvalue weighted by Crippen LogP contribution is -2.13. The van der Waals surface area contributed by atoms with Crippen LogP contribution in [0.4, 0.5) is 0 Å². The molecule has 0 saturated heterocycles. The highest BCUT2D eigenvalue weighted by atomic mass is 16.4. The van der Waals surface area contributed by atoms with Gasteiger partial charge in [-0.2, -0.15) is 0 Å². The molecule has 124 valence electrons. The van der Waals surface area contributed by atoms with Gasteiger partial charge >= 0.3 is 5.97 Å². The highest BCUT2D eigenvalue weighted by molar-refractivity contribution is 5.80. The van der Waals surface area contributed by atoms with Gasteiger partial charge in [-0.25, -0.2) is 4.79 Å². The van der Waals surface area contributed by atoms with Crippen LogP contribution in [0.2, 0.25) is 0 Å². The zero-order chi connectivity index (χ0) is 16.5. The van der Waals surface area contributed by atoms with Gasteiger partial charge in [-0.1, -0.05) is 62.3 Å². The number of carboxylic acid groups (broad SMARTS) is 1. The molecule has 0 spiro atoms. The van der Waals surface area contributed by atoms with E-state index >= 15 is 0 Å². The number of hydrogen-bond donors (Lipinski definition) is 1. The number of benzene rings is 1. The van der Waals surface area contributed by atoms with Crippen LogP contribution in [0.15, 0.2) is 48.6 Å². The van der Waals surface area contributed by atoms with Gasteiger partial charge in [-0.3, -0.25) is 0 Å². The number of allylic oxidation sites excluding steroid dienone is 3. The van der Waals surface area contributed by atoms with Gasteiger partial charge in [0, 0.05) is 6.08 Å². The van der Waals surface area contributed by atoms with Crippen molar-refractivity contribution >= 4 is 5.97 Å². The fourth-order valence-electron chi connectivity index (χ4n) is 3.54. The second kappa shape index (κ2) is 9.34. The van der Waals surface area contributed by atoms with Crippen molar-refractivity contribution in [1.82, 2.24) is 0 Å². The molecule has 0 bridgehead atoms. The van der Waals surface area contributed by atoms with Crippen molar-refractivity contribution in [3.63, 3.8) is 0 Å². The van der Waals surface area contributed by atoms with Gasteiger partial charge < -0.3 is 5.11 Å². The third kappa shape index (κ3) is 6.05. The Hall–Kier alpha value is -1.83. The molecule has 1 saturated carbocycles. The second-order valence-electron chi connectivity index (χ2n) is 6.58. The standard InChI is InChI=1S/C21H28O2/c1-2-6-17-9-13-19(14-10-17)20-15-11-18(12-16-20)7-4-3-5-8-21(22)23/h3-5,8,11-12,15-17,19H,2,6-7,9-10,13-14H2,1H3,(H,22,23)/b4-3+,8-5+/t17-,19-. The minimum Gasteiger partial charge on any atom is -0.478 e. The molecule has 0 unspecified atom stereocenters. The number of carboxylic acids is 1. The molecule has 2 heteroatoms. The summed E-state index contributed by atoms with van der Waals surface area (Å²) in [5.74, 6) is 0.790. The van der Waals surface area contributed by atoms with Crippen molar-refractivity contribution in [3.8, 4) is 0 Å². The third-order valence-electron chi connectivity index (χ3n) is 4.83. The molecule has 0 aromatic heterocycles. The molecule has 2 nitrogen and oxygen atoms in total. The van der Waals surface area contributed by atoms with Gasteiger partial charge in [-0.05, 0) is 55.1 Å². The third-order valence-corrected chi connectivity index (χ3v) is 4.83. The highest BCUT2D eigenvalue weighted by Gasteiger charge is 2.21. The monoisotopic (exact) mass is 312 g/mol. The van der Waals surface area contributed by atoms with E-state index in [2.05, 4.69) is 31.2 Å². The lowest BCUT2D eigenvalue weighted by Gasteiger charge is -2.28. The van der Waals surface area contributed by atoms with Crippen molar-refractivity contribution < 1.29 is 9.90 Å². The Kier molecular flexibility index (Phi) is 7.12. The van der Waals surface area contributed by atoms with Gasteiger partial charge in [0.25, 0.3) is 0 Å². The molecule has 0 radical (unpaired) electrons. The second-order valence-corrected chi connectivity index (χ2v) is 6.58. The normalized spacial score (nSPS) is 22.0. The zero-order valence-electron chi connectivity index (χ0n) is 14.1. The molecule has 23 heavy (non-hydrogen) atoms. The first-order chi connectivity index (χ1) is 11.2. The average Bonchev–Trinajstić information content (AvgIpc) is 2.56. The summed E-state index contributed by atoms with van der Waals surface area (Å²) in [6.45, 7) is 2.29. The summed E-state index contributed by atoms with van der Waals surface area (Å²) in [7, 11) is 0. The fraction of sp³-hybridized carbons (Fsp3) is 0.476. The Morgan fingerprint density at radius 1 is 1.13 bits per heavy atom. The Morgan fingerprint density at radius 3 is 2.43 bits per heavy atom. The molecular formula is C21H28O2. The van der Waals surface area contributed by atoms with E-state index in [9.17, 15) is 4.79 Å². The molecular weight excluding hydrogens is 284 g/mol. The largest absolute Gasteiger partial charge is 0.478 e. The van der Waals surface area contributed by atoms with Crippen LogP contribution in [0.25, 0.3) is 0 Å². The predicted molar refractivity (Wildman–Crippen MR) is 95.7 cm³/mol. The first-order valence-electron chi connectivity index (χ1n) is 8.84. The Bertz CT molecular complexity index is 531. The summed E-state index contributed by atoms with van der Waals surface area (Å²) >= 11 is 0. The first-order valence-corrected chi connectivity index (χ1v) is 8.84. The molecule has 0 aliphatic heterocycles. The molecule has 1 aliphatic carbocycles. The number of rotatable bonds is 7. The maximum absolute atomic E-state index is 10.4. The zero-order valence-corrected chi connectivity index (χ0v) is 14.1. The van der Waals surface area contributed by atoms with Crippen LogP contribution in [0.3, 0.4) is 0 Å². The minimum absolute atomic E-state index is 0.742. The van der Waals surface area contributed by atoms with E-state index < -0.39 is 5.97 Å². The smallest absolute Gasteiger partial charge is 0.328 e. The van der Waals surface area contributed by atoms with Crippen molar-refractivity contribution in [2.75, 3.05) is 0 Å². The van der Waals surface area contributed by atoms with E-state index in [0.29, 0.717) is 0 Å². The minimum atomic E-state index is -0.910. The van der Waals surface area contributed by atoms with Crippen molar-refractivity contribution in [3.05, 3.63) is 59.7 Å². The molecule has 1 fully saturated rings. The van der Waals surface area contributed by atoms with Gasteiger partial charge in [0.1, 0.15) is 0 Å². The van der Waals surface area contributed by atoms with Crippen LogP contribution in [-0.4, -0.2) is 11.1 Å². The quantitative estimate of drug-likeness (QED) is 0.533. The van der Waals surface area contributed by atoms with E-state index in [1.54, 1.807) is 12.2 Å². The van der Waals surface area contributed by atoms with Gasteiger partial charge in [-0.15, -0.1) is 0 Å². The topological polar surface area (TPSA) is 37.3 Å². The van der Waals surface area contributed by atoms with Crippen LogP contribution in [0.1, 0.15) is 62.5 Å². The molecule has 1 N–H and O–H groups in total. The van der Waals surface area contributed by atoms with Crippen LogP contribution in [0, 0.1) is 5.92 Å². The Balaban J connectivity index is 1.82. The van der Waals surface area contributed by atoms with E-state index in [1.165, 1.54) is 49.7 Å². The predicted octanol–water partition coefficient (Wildman–Crippen LogP) is 5.50. The van der Waals surface area contributed by atoms with Gasteiger partial charge in [0.05, 0.1) is 0 Å². The highest BCUT2D eigenvalue weighted by Crippen LogP contribution is 2.37. The van der Waals surface area contributed by atoms with Gasteiger partial charge in [0.15, 0.2) is 0 Å². The molecule has 1 aliphatic rings. The number of hydrogen-bond acceptors (Lipinski definition) is 1. The van der Waals surface area contributed by atoms with Crippen molar-refractivity contribution in [2.24, 2.45) is 5.92 Å². The molecule has 0 amide bonds. The van der Waals surface area contributed by atoms with Crippen molar-refractivity contribution in [2.45, 2.75) is 57.8 Å². The van der Waals surface area contributed by atoms with E-state index in [1.807, 2.05) is 6.08 Å². The molecule has 1 aromatic rings. The molecule has 0 atom stereocenters. The number of carbonyl (C=O) groups is 1. The number of aliphatic carboxylic acids is 1. The van der Waals surface area contributed by atoms with Gasteiger partial charge in [0.2, 0.25) is 0 Å². The Morgan fingerprint density at radius 2 is 1.83 bits per heavy atom. The molecule has 2 rings (SSSR count). The van der Waals surface area contributed by atoms with E-state index in [0.717, 1.165) is 24.3 Å². The summed E-state index contributed by atoms with van der Waals surface area (Å²) in [5, 5.41) is 8.51. The lowest BCUT2D eigenvalue weighted by atomic mass is 9.77.